The molecule has 2 rings (SSSR count). The molecule has 18 heavy (non-hydrogen) atoms. The van der Waals surface area contributed by atoms with Crippen LogP contribution in [0.4, 0.5) is 8.78 Å². The molecule has 0 bridgehead atoms. The third kappa shape index (κ3) is 2.33. The summed E-state index contributed by atoms with van der Waals surface area (Å²) in [6, 6.07) is 1.45. The number of nitrogens with one attached hydrogen (secondary N) is 1. The third-order valence-electron chi connectivity index (χ3n) is 2.66. The Morgan fingerprint density at radius 2 is 2.17 bits per heavy atom. The second kappa shape index (κ2) is 3.98. The quantitative estimate of drug-likeness (QED) is 0.888. The third-order valence-corrected chi connectivity index (χ3v) is 4.13. The molecule has 0 aliphatic heterocycles. The van der Waals surface area contributed by atoms with Gasteiger partial charge in [-0.1, -0.05) is 0 Å². The highest BCUT2D eigenvalue weighted by Gasteiger charge is 2.61. The van der Waals surface area contributed by atoms with E-state index >= 15 is 0 Å². The van der Waals surface area contributed by atoms with E-state index in [-0.39, 0.29) is 4.90 Å². The van der Waals surface area contributed by atoms with Gasteiger partial charge >= 0.3 is 0 Å². The number of carbonyl (C=O) groups is 1. The van der Waals surface area contributed by atoms with Crippen molar-refractivity contribution in [3.63, 3.8) is 0 Å². The Kier molecular flexibility index (Phi) is 2.84. The molecule has 1 aromatic heterocycles. The first-order valence-electron chi connectivity index (χ1n) is 5.09. The predicted octanol–water partition coefficient (Wildman–Crippen LogP) is 0.850. The van der Waals surface area contributed by atoms with E-state index in [9.17, 15) is 22.0 Å². The number of hydrogen-bond acceptors (Lipinski definition) is 4. The molecule has 0 spiro atoms. The molecule has 8 heteroatoms. The van der Waals surface area contributed by atoms with Crippen LogP contribution in [0.2, 0.25) is 0 Å². The zero-order valence-corrected chi connectivity index (χ0v) is 10.2. The Bertz CT molecular complexity index is 601. The Hall–Kier alpha value is -1.57. The van der Waals surface area contributed by atoms with Gasteiger partial charge in [0.1, 0.15) is 10.8 Å². The van der Waals surface area contributed by atoms with Crippen molar-refractivity contribution in [2.45, 2.75) is 24.2 Å². The minimum atomic E-state index is -4.14. The first kappa shape index (κ1) is 12.9. The Morgan fingerprint density at radius 1 is 1.56 bits per heavy atom. The van der Waals surface area contributed by atoms with E-state index in [1.165, 1.54) is 19.2 Å². The minimum Gasteiger partial charge on any atom is -0.273 e. The van der Waals surface area contributed by atoms with Crippen molar-refractivity contribution >= 4 is 15.9 Å². The van der Waals surface area contributed by atoms with E-state index in [1.54, 1.807) is 4.72 Å². The van der Waals surface area contributed by atoms with Gasteiger partial charge in [-0.3, -0.25) is 9.78 Å². The first-order valence-corrected chi connectivity index (χ1v) is 6.57. The van der Waals surface area contributed by atoms with E-state index in [4.69, 9.17) is 0 Å². The van der Waals surface area contributed by atoms with Gasteiger partial charge in [0, 0.05) is 18.8 Å². The molecule has 0 saturated heterocycles. The largest absolute Gasteiger partial charge is 0.273 e. The molecule has 0 radical (unpaired) electrons. The predicted molar refractivity (Wildman–Crippen MR) is 57.4 cm³/mol. The molecule has 1 aromatic rings. The molecule has 1 heterocycles. The highest BCUT2D eigenvalue weighted by Crippen LogP contribution is 2.48. The maximum atomic E-state index is 12.6. The Morgan fingerprint density at radius 3 is 2.67 bits per heavy atom. The summed E-state index contributed by atoms with van der Waals surface area (Å²) in [5.41, 5.74) is 0.382. The van der Waals surface area contributed by atoms with Gasteiger partial charge < -0.3 is 0 Å². The number of sulfonamides is 1. The zero-order chi connectivity index (χ0) is 13.6. The molecule has 98 valence electrons. The van der Waals surface area contributed by atoms with Gasteiger partial charge in [0.25, 0.3) is 15.9 Å². The summed E-state index contributed by atoms with van der Waals surface area (Å²) in [7, 11) is -4.14. The van der Waals surface area contributed by atoms with Gasteiger partial charge in [-0.2, -0.15) is 0 Å². The van der Waals surface area contributed by atoms with Crippen molar-refractivity contribution in [3.05, 3.63) is 24.0 Å². The van der Waals surface area contributed by atoms with Crippen LogP contribution in [0.5, 0.6) is 0 Å². The number of carbonyl (C=O) groups excluding carboxylic acids is 1. The van der Waals surface area contributed by atoms with Gasteiger partial charge in [0.2, 0.25) is 5.91 Å². The number of aryl methyl sites for hydroxylation is 1. The Balaban J connectivity index is 2.19. The van der Waals surface area contributed by atoms with Crippen LogP contribution >= 0.6 is 0 Å². The zero-order valence-electron chi connectivity index (χ0n) is 9.35. The topological polar surface area (TPSA) is 76.1 Å². The molecule has 0 aromatic carbocycles. The lowest BCUT2D eigenvalue weighted by Gasteiger charge is -2.08. The lowest BCUT2D eigenvalue weighted by molar-refractivity contribution is -0.122. The summed E-state index contributed by atoms with van der Waals surface area (Å²) in [6.45, 7) is 1.52. The number of pyridine rings is 1. The molecule has 1 aliphatic rings. The average Bonchev–Trinajstić information content (AvgIpc) is 2.87. The molecular weight excluding hydrogens is 266 g/mol. The molecule has 1 amide bonds. The number of hydrogen-bond donors (Lipinski definition) is 1. The fraction of sp³-hybridized carbons (Fsp3) is 0.400. The van der Waals surface area contributed by atoms with Crippen LogP contribution in [0.3, 0.4) is 0 Å². The number of aromatic nitrogens is 1. The van der Waals surface area contributed by atoms with Gasteiger partial charge in [0.15, 0.2) is 0 Å². The van der Waals surface area contributed by atoms with Crippen molar-refractivity contribution in [2.24, 2.45) is 5.92 Å². The molecule has 1 aliphatic carbocycles. The maximum Gasteiger partial charge on any atom is 0.265 e. The van der Waals surface area contributed by atoms with Crippen molar-refractivity contribution in [2.75, 3.05) is 0 Å². The second-order valence-electron chi connectivity index (χ2n) is 4.13. The van der Waals surface area contributed by atoms with Crippen molar-refractivity contribution < 1.29 is 22.0 Å². The number of alkyl halides is 2. The molecule has 1 atom stereocenters. The molecular formula is C10H10F2N2O3S. The molecule has 1 N–H and O–H groups in total. The number of amides is 1. The smallest absolute Gasteiger partial charge is 0.265 e. The van der Waals surface area contributed by atoms with Crippen LogP contribution in [-0.2, 0) is 14.8 Å². The van der Waals surface area contributed by atoms with Crippen molar-refractivity contribution in [1.82, 2.24) is 9.71 Å². The molecule has 1 saturated carbocycles. The van der Waals surface area contributed by atoms with Crippen LogP contribution in [0.15, 0.2) is 23.4 Å². The highest BCUT2D eigenvalue weighted by atomic mass is 32.2. The second-order valence-corrected chi connectivity index (χ2v) is 5.78. The minimum absolute atomic E-state index is 0.192. The fourth-order valence-electron chi connectivity index (χ4n) is 1.49. The number of nitrogens with zero attached hydrogens (tertiary/aromatic N) is 1. The lowest BCUT2D eigenvalue weighted by Crippen LogP contribution is -2.33. The molecule has 1 fully saturated rings. The van der Waals surface area contributed by atoms with E-state index in [0.29, 0.717) is 5.56 Å². The summed E-state index contributed by atoms with van der Waals surface area (Å²) in [5, 5.41) is 0. The number of halogens is 2. The normalized spacial score (nSPS) is 21.4. The molecule has 1 unspecified atom stereocenters. The van der Waals surface area contributed by atoms with Crippen LogP contribution in [0, 0.1) is 12.8 Å². The highest BCUT2D eigenvalue weighted by molar-refractivity contribution is 7.90. The van der Waals surface area contributed by atoms with E-state index in [0.717, 1.165) is 6.20 Å². The standard InChI is InChI=1S/C10H10F2N2O3S/c1-6-2-3-13-5-8(6)18(16,17)14-9(15)7-4-10(7,11)12/h2-3,5,7H,4H2,1H3,(H,14,15). The fourth-order valence-corrected chi connectivity index (χ4v) is 2.70. The molecule has 5 nitrogen and oxygen atoms in total. The van der Waals surface area contributed by atoms with Crippen molar-refractivity contribution in [1.29, 1.82) is 0 Å². The van der Waals surface area contributed by atoms with Crippen LogP contribution < -0.4 is 4.72 Å². The summed E-state index contributed by atoms with van der Waals surface area (Å²) >= 11 is 0. The van der Waals surface area contributed by atoms with E-state index < -0.39 is 34.2 Å². The van der Waals surface area contributed by atoms with E-state index in [2.05, 4.69) is 4.98 Å². The average molecular weight is 276 g/mol. The van der Waals surface area contributed by atoms with Crippen molar-refractivity contribution in [3.8, 4) is 0 Å². The SMILES string of the molecule is Cc1ccncc1S(=O)(=O)NC(=O)C1CC1(F)F. The number of rotatable bonds is 3. The summed E-state index contributed by atoms with van der Waals surface area (Å²) in [4.78, 5) is 14.8. The van der Waals surface area contributed by atoms with E-state index in [1.807, 2.05) is 0 Å². The summed E-state index contributed by atoms with van der Waals surface area (Å²) in [6.07, 6.45) is 1.85. The lowest BCUT2D eigenvalue weighted by atomic mass is 10.3. The van der Waals surface area contributed by atoms with Crippen LogP contribution in [0.25, 0.3) is 0 Å². The maximum absolute atomic E-state index is 12.6. The monoisotopic (exact) mass is 276 g/mol. The summed E-state index contributed by atoms with van der Waals surface area (Å²) in [5.74, 6) is -5.82. The van der Waals surface area contributed by atoms with Gasteiger partial charge in [-0.05, 0) is 18.6 Å². The first-order chi connectivity index (χ1) is 8.24. The van der Waals surface area contributed by atoms with Gasteiger partial charge in [-0.15, -0.1) is 0 Å². The van der Waals surface area contributed by atoms with Crippen LogP contribution in [-0.4, -0.2) is 25.2 Å². The Labute approximate surface area is 102 Å². The van der Waals surface area contributed by atoms with Crippen LogP contribution in [0.1, 0.15) is 12.0 Å². The summed E-state index contributed by atoms with van der Waals surface area (Å²) < 4.78 is 50.5. The van der Waals surface area contributed by atoms with Gasteiger partial charge in [-0.25, -0.2) is 21.9 Å². The van der Waals surface area contributed by atoms with Gasteiger partial charge in [0.05, 0.1) is 0 Å².